The van der Waals surface area contributed by atoms with E-state index in [-0.39, 0.29) is 18.9 Å². The minimum absolute atomic E-state index is 0.135. The number of hydrogen-bond donors (Lipinski definition) is 1. The van der Waals surface area contributed by atoms with E-state index in [9.17, 15) is 13.2 Å². The van der Waals surface area contributed by atoms with Crippen molar-refractivity contribution >= 4 is 33.2 Å². The molecule has 0 aliphatic heterocycles. The van der Waals surface area contributed by atoms with Crippen molar-refractivity contribution in [3.05, 3.63) is 64.7 Å². The molecule has 6 nitrogen and oxygen atoms in total. The van der Waals surface area contributed by atoms with Gasteiger partial charge in [0.15, 0.2) is 0 Å². The summed E-state index contributed by atoms with van der Waals surface area (Å²) in [4.78, 5) is 12.0. The van der Waals surface area contributed by atoms with Gasteiger partial charge in [-0.1, -0.05) is 48.0 Å². The number of carbonyl (C=O) groups is 1. The van der Waals surface area contributed by atoms with E-state index in [0.717, 1.165) is 17.4 Å². The van der Waals surface area contributed by atoms with Crippen molar-refractivity contribution in [2.24, 2.45) is 0 Å². The third-order valence-corrected chi connectivity index (χ3v) is 5.70. The molecule has 0 aliphatic rings. The number of aryl methyl sites for hydroxylation is 1. The van der Waals surface area contributed by atoms with E-state index in [4.69, 9.17) is 16.3 Å². The predicted molar refractivity (Wildman–Crippen MR) is 117 cm³/mol. The van der Waals surface area contributed by atoms with Crippen molar-refractivity contribution < 1.29 is 17.9 Å². The van der Waals surface area contributed by atoms with E-state index >= 15 is 0 Å². The average molecular weight is 439 g/mol. The van der Waals surface area contributed by atoms with Gasteiger partial charge in [-0.05, 0) is 36.6 Å². The molecule has 1 amide bonds. The quantitative estimate of drug-likeness (QED) is 0.544. The maximum absolute atomic E-state index is 12.2. The van der Waals surface area contributed by atoms with Gasteiger partial charge in [0.25, 0.3) is 0 Å². The van der Waals surface area contributed by atoms with E-state index in [1.807, 2.05) is 37.3 Å². The maximum Gasteiger partial charge on any atom is 0.232 e. The lowest BCUT2D eigenvalue weighted by atomic mass is 10.2. The van der Waals surface area contributed by atoms with Gasteiger partial charge in [0.05, 0.1) is 25.2 Å². The van der Waals surface area contributed by atoms with E-state index in [2.05, 4.69) is 5.32 Å². The Morgan fingerprint density at radius 1 is 1.17 bits per heavy atom. The number of anilines is 1. The number of benzene rings is 2. The molecule has 0 aromatic heterocycles. The first-order valence-electron chi connectivity index (χ1n) is 9.39. The highest BCUT2D eigenvalue weighted by Crippen LogP contribution is 2.26. The zero-order chi connectivity index (χ0) is 21.3. The van der Waals surface area contributed by atoms with Crippen LogP contribution >= 0.6 is 11.6 Å². The first kappa shape index (κ1) is 23.2. The van der Waals surface area contributed by atoms with Crippen molar-refractivity contribution in [3.63, 3.8) is 0 Å². The van der Waals surface area contributed by atoms with Gasteiger partial charge in [-0.25, -0.2) is 8.42 Å². The number of sulfonamides is 1. The van der Waals surface area contributed by atoms with Crippen LogP contribution in [-0.4, -0.2) is 40.3 Å². The van der Waals surface area contributed by atoms with E-state index in [1.165, 1.54) is 4.31 Å². The van der Waals surface area contributed by atoms with Crippen LogP contribution in [0.1, 0.15) is 24.0 Å². The first-order chi connectivity index (χ1) is 13.8. The van der Waals surface area contributed by atoms with Gasteiger partial charge in [-0.2, -0.15) is 0 Å². The summed E-state index contributed by atoms with van der Waals surface area (Å²) >= 11 is 6.02. The fourth-order valence-electron chi connectivity index (χ4n) is 2.81. The van der Waals surface area contributed by atoms with E-state index < -0.39 is 10.0 Å². The molecule has 0 fully saturated rings. The molecule has 0 unspecified atom stereocenters. The predicted octanol–water partition coefficient (Wildman–Crippen LogP) is 3.53. The first-order valence-corrected chi connectivity index (χ1v) is 11.6. The van der Waals surface area contributed by atoms with Gasteiger partial charge >= 0.3 is 0 Å². The Kier molecular flexibility index (Phi) is 8.95. The van der Waals surface area contributed by atoms with Gasteiger partial charge in [0, 0.05) is 24.5 Å². The van der Waals surface area contributed by atoms with Gasteiger partial charge in [-0.3, -0.25) is 9.10 Å². The molecule has 0 bridgehead atoms. The topological polar surface area (TPSA) is 75.7 Å². The van der Waals surface area contributed by atoms with Gasteiger partial charge in [0.1, 0.15) is 0 Å². The molecule has 0 aliphatic carbocycles. The Labute approximate surface area is 177 Å². The largest absolute Gasteiger partial charge is 0.375 e. The van der Waals surface area contributed by atoms with Crippen LogP contribution in [0.25, 0.3) is 0 Å². The van der Waals surface area contributed by atoms with Crippen LogP contribution < -0.4 is 9.62 Å². The summed E-state index contributed by atoms with van der Waals surface area (Å²) in [7, 11) is -3.48. The van der Waals surface area contributed by atoms with E-state index in [1.54, 1.807) is 18.2 Å². The molecule has 2 aromatic rings. The van der Waals surface area contributed by atoms with Gasteiger partial charge in [0.2, 0.25) is 15.9 Å². The molecule has 0 heterocycles. The second-order valence-electron chi connectivity index (χ2n) is 6.76. The minimum atomic E-state index is -3.48. The van der Waals surface area contributed by atoms with Crippen molar-refractivity contribution in [2.75, 3.05) is 30.3 Å². The highest BCUT2D eigenvalue weighted by Gasteiger charge is 2.19. The molecule has 8 heteroatoms. The van der Waals surface area contributed by atoms with Crippen LogP contribution in [-0.2, 0) is 26.2 Å². The van der Waals surface area contributed by atoms with Gasteiger partial charge < -0.3 is 10.1 Å². The molecule has 0 spiro atoms. The lowest BCUT2D eigenvalue weighted by Crippen LogP contribution is -2.33. The van der Waals surface area contributed by atoms with Crippen LogP contribution in [0, 0.1) is 6.92 Å². The van der Waals surface area contributed by atoms with Gasteiger partial charge in [-0.15, -0.1) is 0 Å². The molecule has 0 saturated carbocycles. The summed E-state index contributed by atoms with van der Waals surface area (Å²) in [5.41, 5.74) is 2.42. The lowest BCUT2D eigenvalue weighted by molar-refractivity contribution is -0.121. The SMILES string of the molecule is Cc1ccc(Cl)cc1N(CCCC(=O)NCCOCc1ccccc1)S(C)(=O)=O. The second-order valence-corrected chi connectivity index (χ2v) is 9.10. The highest BCUT2D eigenvalue weighted by molar-refractivity contribution is 7.92. The summed E-state index contributed by atoms with van der Waals surface area (Å²) in [5.74, 6) is -0.135. The third-order valence-electron chi connectivity index (χ3n) is 4.29. The smallest absolute Gasteiger partial charge is 0.232 e. The normalized spacial score (nSPS) is 11.3. The fourth-order valence-corrected chi connectivity index (χ4v) is 4.00. The number of nitrogens with zero attached hydrogens (tertiary/aromatic N) is 1. The standard InChI is InChI=1S/C21H27ClN2O4S/c1-17-10-11-19(22)15-20(17)24(29(2,26)27)13-6-9-21(25)23-12-14-28-16-18-7-4-3-5-8-18/h3-5,7-8,10-11,15H,6,9,12-14,16H2,1-2H3,(H,23,25). The second kappa shape index (κ2) is 11.2. The summed E-state index contributed by atoms with van der Waals surface area (Å²) in [5, 5.41) is 3.25. The van der Waals surface area contributed by atoms with E-state index in [0.29, 0.717) is 36.9 Å². The zero-order valence-corrected chi connectivity index (χ0v) is 18.3. The van der Waals surface area contributed by atoms with Crippen molar-refractivity contribution in [1.82, 2.24) is 5.32 Å². The van der Waals surface area contributed by atoms with Crippen LogP contribution in [0.2, 0.25) is 5.02 Å². The average Bonchev–Trinajstić information content (AvgIpc) is 2.67. The molecular weight excluding hydrogens is 412 g/mol. The summed E-state index contributed by atoms with van der Waals surface area (Å²) < 4.78 is 31.2. The molecule has 29 heavy (non-hydrogen) atoms. The summed E-state index contributed by atoms with van der Waals surface area (Å²) in [6.45, 7) is 3.36. The van der Waals surface area contributed by atoms with Crippen molar-refractivity contribution in [2.45, 2.75) is 26.4 Å². The Hall–Kier alpha value is -2.09. The molecule has 0 atom stereocenters. The molecule has 2 aromatic carbocycles. The van der Waals surface area contributed by atoms with Crippen LogP contribution in [0.4, 0.5) is 5.69 Å². The minimum Gasteiger partial charge on any atom is -0.375 e. The Morgan fingerprint density at radius 3 is 2.59 bits per heavy atom. The molecule has 0 saturated heterocycles. The van der Waals surface area contributed by atoms with Crippen molar-refractivity contribution in [3.8, 4) is 0 Å². The number of carbonyl (C=O) groups excluding carboxylic acids is 1. The molecular formula is C21H27ClN2O4S. The monoisotopic (exact) mass is 438 g/mol. The molecule has 1 N–H and O–H groups in total. The highest BCUT2D eigenvalue weighted by atomic mass is 35.5. The number of rotatable bonds is 11. The maximum atomic E-state index is 12.2. The zero-order valence-electron chi connectivity index (χ0n) is 16.7. The van der Waals surface area contributed by atoms with Crippen molar-refractivity contribution in [1.29, 1.82) is 0 Å². The third kappa shape index (κ3) is 8.04. The molecule has 0 radical (unpaired) electrons. The Balaban J connectivity index is 1.74. The Bertz CT molecular complexity index is 904. The van der Waals surface area contributed by atoms with Crippen LogP contribution in [0.5, 0.6) is 0 Å². The summed E-state index contributed by atoms with van der Waals surface area (Å²) in [6.07, 6.45) is 1.78. The van der Waals surface area contributed by atoms with Crippen LogP contribution in [0.15, 0.2) is 48.5 Å². The van der Waals surface area contributed by atoms with Crippen LogP contribution in [0.3, 0.4) is 0 Å². The Morgan fingerprint density at radius 2 is 1.90 bits per heavy atom. The fraction of sp³-hybridized carbons (Fsp3) is 0.381. The number of amides is 1. The lowest BCUT2D eigenvalue weighted by Gasteiger charge is -2.24. The number of nitrogens with one attached hydrogen (secondary N) is 1. The molecule has 2 rings (SSSR count). The number of halogens is 1. The number of ether oxygens (including phenoxy) is 1. The number of hydrogen-bond acceptors (Lipinski definition) is 4. The molecule has 158 valence electrons. The summed E-state index contributed by atoms with van der Waals surface area (Å²) in [6, 6.07) is 14.9.